The summed E-state index contributed by atoms with van der Waals surface area (Å²) in [6.07, 6.45) is 0. The summed E-state index contributed by atoms with van der Waals surface area (Å²) in [4.78, 5) is 10.7. The zero-order valence-electron chi connectivity index (χ0n) is 8.46. The van der Waals surface area contributed by atoms with Crippen molar-refractivity contribution >= 4 is 5.97 Å². The summed E-state index contributed by atoms with van der Waals surface area (Å²) in [7, 11) is 0. The van der Waals surface area contributed by atoms with E-state index in [0.717, 1.165) is 19.6 Å². The Hall–Kier alpha value is -0.570. The largest absolute Gasteiger partial charge is 0.544 e. The van der Waals surface area contributed by atoms with E-state index >= 15 is 0 Å². The van der Waals surface area contributed by atoms with E-state index in [9.17, 15) is 9.90 Å². The van der Waals surface area contributed by atoms with Crippen molar-refractivity contribution in [3.63, 3.8) is 0 Å². The summed E-state index contributed by atoms with van der Waals surface area (Å²) in [5.74, 6) is -0.944. The molecule has 0 saturated carbocycles. The topological polar surface area (TPSA) is 40.1 Å². The molecule has 0 aromatic rings. The molecule has 0 fully saturated rings. The third-order valence-corrected chi connectivity index (χ3v) is 3.05. The minimum Gasteiger partial charge on any atom is -0.544 e. The highest BCUT2D eigenvalue weighted by Gasteiger charge is 2.29. The quantitative estimate of drug-likeness (QED) is 0.549. The molecule has 0 heterocycles. The molecule has 1 unspecified atom stereocenters. The maximum absolute atomic E-state index is 10.7. The number of aliphatic carboxylic acids is 1. The van der Waals surface area contributed by atoms with Crippen LogP contribution in [0.4, 0.5) is 0 Å². The monoisotopic (exact) mass is 173 g/mol. The normalized spacial score (nSPS) is 14.3. The average molecular weight is 173 g/mol. The predicted octanol–water partition coefficient (Wildman–Crippen LogP) is 0.00130. The van der Waals surface area contributed by atoms with Crippen molar-refractivity contribution in [3.05, 3.63) is 0 Å². The Bertz CT molecular complexity index is 144. The van der Waals surface area contributed by atoms with Crippen molar-refractivity contribution in [2.24, 2.45) is 0 Å². The molecule has 0 aliphatic rings. The number of quaternary nitrogens is 1. The fourth-order valence-corrected chi connectivity index (χ4v) is 1.72. The molecular weight excluding hydrogens is 154 g/mol. The first-order chi connectivity index (χ1) is 5.54. The molecule has 0 aromatic heterocycles. The smallest absolute Gasteiger partial charge is 0.126 e. The minimum atomic E-state index is -0.944. The van der Waals surface area contributed by atoms with E-state index in [2.05, 4.69) is 0 Å². The summed E-state index contributed by atoms with van der Waals surface area (Å²) in [6.45, 7) is 10.3. The molecule has 0 bridgehead atoms. The lowest BCUT2D eigenvalue weighted by Crippen LogP contribution is -2.60. The van der Waals surface area contributed by atoms with Gasteiger partial charge in [-0.1, -0.05) is 0 Å². The van der Waals surface area contributed by atoms with Crippen molar-refractivity contribution in [1.29, 1.82) is 0 Å². The van der Waals surface area contributed by atoms with Crippen LogP contribution >= 0.6 is 0 Å². The van der Waals surface area contributed by atoms with Gasteiger partial charge in [0.1, 0.15) is 6.04 Å². The molecule has 0 radical (unpaired) electrons. The molecule has 0 spiro atoms. The van der Waals surface area contributed by atoms with Crippen LogP contribution in [0.2, 0.25) is 0 Å². The Labute approximate surface area is 74.6 Å². The Morgan fingerprint density at radius 2 is 1.58 bits per heavy atom. The maximum Gasteiger partial charge on any atom is 0.126 e. The number of nitrogens with zero attached hydrogens (tertiary/aromatic N) is 1. The van der Waals surface area contributed by atoms with Crippen LogP contribution in [0.15, 0.2) is 0 Å². The maximum atomic E-state index is 10.7. The van der Waals surface area contributed by atoms with Crippen LogP contribution in [-0.2, 0) is 4.79 Å². The number of hydrogen-bond donors (Lipinski definition) is 0. The van der Waals surface area contributed by atoms with Crippen LogP contribution in [0.25, 0.3) is 0 Å². The molecular formula is C9H19NO2. The molecule has 0 saturated heterocycles. The molecule has 12 heavy (non-hydrogen) atoms. The van der Waals surface area contributed by atoms with Crippen molar-refractivity contribution in [2.75, 3.05) is 19.6 Å². The number of rotatable bonds is 5. The Balaban J connectivity index is 4.58. The highest BCUT2D eigenvalue weighted by Crippen LogP contribution is 2.12. The fourth-order valence-electron chi connectivity index (χ4n) is 1.72. The zero-order chi connectivity index (χ0) is 9.78. The van der Waals surface area contributed by atoms with Crippen LogP contribution in [0.3, 0.4) is 0 Å². The first-order valence-electron chi connectivity index (χ1n) is 4.60. The standard InChI is InChI=1S/C9H19NO2/c1-5-10(6-2,7-3)8(4)9(11)12/h8H,5-7H2,1-4H3. The Morgan fingerprint density at radius 3 is 1.67 bits per heavy atom. The van der Waals surface area contributed by atoms with Gasteiger partial charge in [-0.15, -0.1) is 0 Å². The highest BCUT2D eigenvalue weighted by molar-refractivity contribution is 5.69. The van der Waals surface area contributed by atoms with E-state index in [4.69, 9.17) is 0 Å². The molecule has 3 nitrogen and oxygen atoms in total. The predicted molar refractivity (Wildman–Crippen MR) is 46.4 cm³/mol. The second-order valence-electron chi connectivity index (χ2n) is 3.16. The van der Waals surface area contributed by atoms with Gasteiger partial charge in [0.25, 0.3) is 0 Å². The Kier molecular flexibility index (Phi) is 4.24. The molecule has 0 N–H and O–H groups in total. The van der Waals surface area contributed by atoms with Gasteiger partial charge in [-0.3, -0.25) is 0 Å². The highest BCUT2D eigenvalue weighted by atomic mass is 16.4. The SMILES string of the molecule is CC[N+](CC)(CC)C(C)C(=O)[O-]. The lowest BCUT2D eigenvalue weighted by Gasteiger charge is -2.41. The average Bonchev–Trinajstić information content (AvgIpc) is 2.08. The molecule has 0 aliphatic heterocycles. The second-order valence-corrected chi connectivity index (χ2v) is 3.16. The number of carbonyl (C=O) groups is 1. The number of likely N-dealkylation sites (N-methyl/N-ethyl adjacent to an activating group) is 1. The zero-order valence-corrected chi connectivity index (χ0v) is 8.46. The van der Waals surface area contributed by atoms with Gasteiger partial charge in [-0.05, 0) is 27.7 Å². The van der Waals surface area contributed by atoms with Gasteiger partial charge in [0.2, 0.25) is 0 Å². The second kappa shape index (κ2) is 4.45. The molecule has 0 rings (SSSR count). The molecule has 0 aromatic carbocycles. The summed E-state index contributed by atoms with van der Waals surface area (Å²) >= 11 is 0. The number of carbonyl (C=O) groups excluding carboxylic acids is 1. The van der Waals surface area contributed by atoms with E-state index in [-0.39, 0.29) is 0 Å². The summed E-state index contributed by atoms with van der Waals surface area (Å²) < 4.78 is 0.613. The lowest BCUT2D eigenvalue weighted by molar-refractivity contribution is -0.938. The van der Waals surface area contributed by atoms with Gasteiger partial charge in [-0.25, -0.2) is 0 Å². The molecule has 72 valence electrons. The third kappa shape index (κ3) is 1.97. The van der Waals surface area contributed by atoms with Gasteiger partial charge in [0, 0.05) is 0 Å². The fraction of sp³-hybridized carbons (Fsp3) is 0.889. The summed E-state index contributed by atoms with van der Waals surface area (Å²) in [5, 5.41) is 10.7. The number of carboxylic acid groups (broad SMARTS) is 1. The van der Waals surface area contributed by atoms with Crippen molar-refractivity contribution in [3.8, 4) is 0 Å². The van der Waals surface area contributed by atoms with Gasteiger partial charge in [0.05, 0.1) is 25.6 Å². The third-order valence-electron chi connectivity index (χ3n) is 3.05. The number of hydrogen-bond acceptors (Lipinski definition) is 2. The molecule has 1 atom stereocenters. The summed E-state index contributed by atoms with van der Waals surface area (Å²) in [6, 6.07) is -0.398. The van der Waals surface area contributed by atoms with E-state index < -0.39 is 12.0 Å². The molecule has 3 heteroatoms. The van der Waals surface area contributed by atoms with Crippen molar-refractivity contribution < 1.29 is 14.4 Å². The van der Waals surface area contributed by atoms with Crippen LogP contribution < -0.4 is 5.11 Å². The number of carboxylic acids is 1. The Morgan fingerprint density at radius 1 is 1.25 bits per heavy atom. The van der Waals surface area contributed by atoms with E-state index in [1.165, 1.54) is 0 Å². The lowest BCUT2D eigenvalue weighted by atomic mass is 10.2. The van der Waals surface area contributed by atoms with E-state index in [0.29, 0.717) is 4.48 Å². The first kappa shape index (κ1) is 11.4. The van der Waals surface area contributed by atoms with E-state index in [1.807, 2.05) is 20.8 Å². The van der Waals surface area contributed by atoms with Gasteiger partial charge in [0.15, 0.2) is 0 Å². The first-order valence-corrected chi connectivity index (χ1v) is 4.60. The molecule has 0 amide bonds. The molecule has 0 aliphatic carbocycles. The minimum absolute atomic E-state index is 0.398. The van der Waals surface area contributed by atoms with Crippen LogP contribution in [0, 0.1) is 0 Å². The van der Waals surface area contributed by atoms with Crippen LogP contribution in [0.1, 0.15) is 27.7 Å². The van der Waals surface area contributed by atoms with Gasteiger partial charge < -0.3 is 14.4 Å². The van der Waals surface area contributed by atoms with E-state index in [1.54, 1.807) is 6.92 Å². The van der Waals surface area contributed by atoms with Crippen LogP contribution in [0.5, 0.6) is 0 Å². The summed E-state index contributed by atoms with van der Waals surface area (Å²) in [5.41, 5.74) is 0. The van der Waals surface area contributed by atoms with Crippen molar-refractivity contribution in [1.82, 2.24) is 0 Å². The van der Waals surface area contributed by atoms with Crippen molar-refractivity contribution in [2.45, 2.75) is 33.7 Å². The van der Waals surface area contributed by atoms with Gasteiger partial charge in [-0.2, -0.15) is 0 Å². The van der Waals surface area contributed by atoms with Gasteiger partial charge >= 0.3 is 0 Å². The van der Waals surface area contributed by atoms with Crippen LogP contribution in [-0.4, -0.2) is 36.1 Å².